The highest BCUT2D eigenvalue weighted by atomic mass is 16.4. The Morgan fingerprint density at radius 1 is 0.900 bits per heavy atom. The first-order valence-electron chi connectivity index (χ1n) is 7.97. The number of carboxylic acid groups (broad SMARTS) is 1. The highest BCUT2D eigenvalue weighted by molar-refractivity contribution is 5.70. The van der Waals surface area contributed by atoms with E-state index < -0.39 is 5.97 Å². The third kappa shape index (κ3) is 8.60. The van der Waals surface area contributed by atoms with Gasteiger partial charge in [0.1, 0.15) is 0 Å². The number of carboxylic acids is 1. The molecule has 2 heteroatoms. The first kappa shape index (κ1) is 19.5. The van der Waals surface area contributed by atoms with Crippen molar-refractivity contribution in [2.24, 2.45) is 22.2 Å². The van der Waals surface area contributed by atoms with E-state index in [2.05, 4.69) is 55.4 Å². The molecule has 1 unspecified atom stereocenters. The monoisotopic (exact) mass is 284 g/mol. The zero-order valence-corrected chi connectivity index (χ0v) is 15.0. The quantitative estimate of drug-likeness (QED) is 0.604. The van der Waals surface area contributed by atoms with Gasteiger partial charge >= 0.3 is 5.97 Å². The second kappa shape index (κ2) is 6.95. The van der Waals surface area contributed by atoms with Crippen molar-refractivity contribution in [1.82, 2.24) is 0 Å². The maximum atomic E-state index is 11.6. The van der Waals surface area contributed by atoms with Crippen LogP contribution in [0, 0.1) is 22.2 Å². The lowest BCUT2D eigenvalue weighted by Gasteiger charge is -2.37. The second-order valence-electron chi connectivity index (χ2n) is 9.42. The van der Waals surface area contributed by atoms with Crippen LogP contribution in [0.4, 0.5) is 0 Å². The number of rotatable bonds is 7. The van der Waals surface area contributed by atoms with Crippen LogP contribution >= 0.6 is 0 Å². The van der Waals surface area contributed by atoms with Gasteiger partial charge < -0.3 is 5.11 Å². The Hall–Kier alpha value is -0.530. The van der Waals surface area contributed by atoms with E-state index >= 15 is 0 Å². The lowest BCUT2D eigenvalue weighted by Crippen LogP contribution is -2.34. The van der Waals surface area contributed by atoms with Crippen LogP contribution in [0.25, 0.3) is 0 Å². The lowest BCUT2D eigenvalue weighted by molar-refractivity contribution is -0.147. The van der Waals surface area contributed by atoms with Crippen molar-refractivity contribution >= 4 is 5.97 Å². The minimum atomic E-state index is -0.630. The van der Waals surface area contributed by atoms with E-state index in [4.69, 9.17) is 0 Å². The molecule has 120 valence electrons. The van der Waals surface area contributed by atoms with Gasteiger partial charge in [-0.25, -0.2) is 0 Å². The molecule has 0 saturated heterocycles. The Morgan fingerprint density at radius 2 is 1.40 bits per heavy atom. The van der Waals surface area contributed by atoms with Crippen LogP contribution in [0.2, 0.25) is 0 Å². The van der Waals surface area contributed by atoms with Crippen molar-refractivity contribution in [2.75, 3.05) is 0 Å². The lowest BCUT2D eigenvalue weighted by atomic mass is 9.67. The molecule has 0 rings (SSSR count). The maximum Gasteiger partial charge on any atom is 0.307 e. The van der Waals surface area contributed by atoms with E-state index in [-0.39, 0.29) is 16.7 Å². The summed E-state index contributed by atoms with van der Waals surface area (Å²) in [6, 6.07) is 0. The fourth-order valence-corrected chi connectivity index (χ4v) is 3.34. The molecule has 1 N–H and O–H groups in total. The van der Waals surface area contributed by atoms with E-state index in [1.807, 2.05) is 0 Å². The molecule has 0 saturated carbocycles. The molecular weight excluding hydrogens is 248 g/mol. The number of hydrogen-bond donors (Lipinski definition) is 1. The molecular formula is C18H36O2. The van der Waals surface area contributed by atoms with Crippen molar-refractivity contribution in [1.29, 1.82) is 0 Å². The molecule has 0 aromatic carbocycles. The average Bonchev–Trinajstić information content (AvgIpc) is 2.09. The Labute approximate surface area is 126 Å². The van der Waals surface area contributed by atoms with E-state index in [1.54, 1.807) is 0 Å². The minimum Gasteiger partial charge on any atom is -0.481 e. The van der Waals surface area contributed by atoms with Gasteiger partial charge in [-0.05, 0) is 35.5 Å². The van der Waals surface area contributed by atoms with Crippen molar-refractivity contribution in [2.45, 2.75) is 87.5 Å². The van der Waals surface area contributed by atoms with E-state index in [9.17, 15) is 9.90 Å². The zero-order chi connectivity index (χ0) is 16.2. The molecule has 0 aliphatic heterocycles. The van der Waals surface area contributed by atoms with E-state index in [0.717, 1.165) is 25.7 Å². The smallest absolute Gasteiger partial charge is 0.307 e. The molecule has 0 aromatic heterocycles. The van der Waals surface area contributed by atoms with Crippen LogP contribution in [0.15, 0.2) is 0 Å². The van der Waals surface area contributed by atoms with Gasteiger partial charge in [0, 0.05) is 0 Å². The van der Waals surface area contributed by atoms with Crippen LogP contribution in [-0.4, -0.2) is 11.1 Å². The predicted octanol–water partition coefficient (Wildman–Crippen LogP) is 5.76. The van der Waals surface area contributed by atoms with Gasteiger partial charge in [0.2, 0.25) is 0 Å². The molecule has 20 heavy (non-hydrogen) atoms. The fourth-order valence-electron chi connectivity index (χ4n) is 3.34. The Bertz CT molecular complexity index is 302. The summed E-state index contributed by atoms with van der Waals surface area (Å²) >= 11 is 0. The summed E-state index contributed by atoms with van der Waals surface area (Å²) in [7, 11) is 0. The van der Waals surface area contributed by atoms with Crippen LogP contribution in [0.3, 0.4) is 0 Å². The Morgan fingerprint density at radius 3 is 1.75 bits per heavy atom. The van der Waals surface area contributed by atoms with Gasteiger partial charge in [-0.15, -0.1) is 0 Å². The first-order chi connectivity index (χ1) is 8.75. The number of aliphatic carboxylic acids is 1. The topological polar surface area (TPSA) is 37.3 Å². The van der Waals surface area contributed by atoms with Gasteiger partial charge in [0.05, 0.1) is 5.92 Å². The first-order valence-corrected chi connectivity index (χ1v) is 7.97. The molecule has 0 spiro atoms. The average molecular weight is 284 g/mol. The molecule has 0 amide bonds. The van der Waals surface area contributed by atoms with Crippen molar-refractivity contribution in [3.63, 3.8) is 0 Å². The Balaban J connectivity index is 4.54. The van der Waals surface area contributed by atoms with Crippen LogP contribution < -0.4 is 0 Å². The van der Waals surface area contributed by atoms with E-state index in [0.29, 0.717) is 5.41 Å². The number of hydrogen-bond acceptors (Lipinski definition) is 1. The second-order valence-corrected chi connectivity index (χ2v) is 9.42. The highest BCUT2D eigenvalue weighted by Gasteiger charge is 2.37. The van der Waals surface area contributed by atoms with E-state index in [1.165, 1.54) is 6.42 Å². The maximum absolute atomic E-state index is 11.6. The van der Waals surface area contributed by atoms with Crippen LogP contribution in [-0.2, 0) is 4.79 Å². The highest BCUT2D eigenvalue weighted by Crippen LogP contribution is 2.41. The predicted molar refractivity (Wildman–Crippen MR) is 86.9 cm³/mol. The molecule has 0 aromatic rings. The molecule has 0 bridgehead atoms. The van der Waals surface area contributed by atoms with Crippen molar-refractivity contribution in [3.05, 3.63) is 0 Å². The normalized spacial score (nSPS) is 15.2. The molecule has 0 fully saturated rings. The standard InChI is InChI=1S/C18H36O2/c1-16(2,3)12-10-9-11-14(15(19)20)18(7,8)13-17(4,5)6/h14H,9-13H2,1-8H3,(H,19,20). The van der Waals surface area contributed by atoms with Gasteiger partial charge in [-0.2, -0.15) is 0 Å². The van der Waals surface area contributed by atoms with Gasteiger partial charge in [0.15, 0.2) is 0 Å². The summed E-state index contributed by atoms with van der Waals surface area (Å²) in [5, 5.41) is 9.56. The number of carbonyl (C=O) groups is 1. The summed E-state index contributed by atoms with van der Waals surface area (Å²) in [6.45, 7) is 17.5. The third-order valence-corrected chi connectivity index (χ3v) is 3.90. The minimum absolute atomic E-state index is 0.147. The molecule has 0 radical (unpaired) electrons. The van der Waals surface area contributed by atoms with Gasteiger partial charge in [-0.1, -0.05) is 68.2 Å². The fraction of sp³-hybridized carbons (Fsp3) is 0.944. The van der Waals surface area contributed by atoms with Crippen LogP contribution in [0.1, 0.15) is 87.5 Å². The molecule has 0 heterocycles. The third-order valence-electron chi connectivity index (χ3n) is 3.90. The van der Waals surface area contributed by atoms with Crippen molar-refractivity contribution < 1.29 is 9.90 Å². The summed E-state index contributed by atoms with van der Waals surface area (Å²) in [6.07, 6.45) is 5.05. The summed E-state index contributed by atoms with van der Waals surface area (Å²) in [5.74, 6) is -0.864. The molecule has 2 nitrogen and oxygen atoms in total. The Kier molecular flexibility index (Phi) is 6.77. The summed E-state index contributed by atoms with van der Waals surface area (Å²) < 4.78 is 0. The molecule has 1 atom stereocenters. The summed E-state index contributed by atoms with van der Waals surface area (Å²) in [4.78, 5) is 11.6. The summed E-state index contributed by atoms with van der Waals surface area (Å²) in [5.41, 5.74) is 0.369. The zero-order valence-electron chi connectivity index (χ0n) is 15.0. The van der Waals surface area contributed by atoms with Gasteiger partial charge in [0.25, 0.3) is 0 Å². The van der Waals surface area contributed by atoms with Crippen molar-refractivity contribution in [3.8, 4) is 0 Å². The largest absolute Gasteiger partial charge is 0.481 e. The van der Waals surface area contributed by atoms with Crippen LogP contribution in [0.5, 0.6) is 0 Å². The van der Waals surface area contributed by atoms with Gasteiger partial charge in [-0.3, -0.25) is 4.79 Å². The molecule has 0 aliphatic rings. The molecule has 0 aliphatic carbocycles. The SMILES string of the molecule is CC(C)(C)CCCCC(C(=O)O)C(C)(C)CC(C)(C)C. The number of unbranched alkanes of at least 4 members (excludes halogenated alkanes) is 1.